The second kappa shape index (κ2) is 11.3. The topological polar surface area (TPSA) is 20.3 Å². The Bertz CT molecular complexity index is 135. The van der Waals surface area contributed by atoms with E-state index < -0.39 is 0 Å². The SMILES string of the molecule is CC(=O)C(C)CN(C)C.[Li][CH2]CCC. The molecule has 2 nitrogen and oxygen atoms in total. The van der Waals surface area contributed by atoms with Crippen molar-refractivity contribution in [3.05, 3.63) is 0 Å². The molecule has 0 rings (SSSR count). The maximum atomic E-state index is 10.7. The van der Waals surface area contributed by atoms with Gasteiger partial charge in [0.1, 0.15) is 5.78 Å². The van der Waals surface area contributed by atoms with Crippen LogP contribution in [0.25, 0.3) is 0 Å². The number of hydrogen-bond donors (Lipinski definition) is 0. The second-order valence-corrected chi connectivity index (χ2v) is 4.13. The van der Waals surface area contributed by atoms with Gasteiger partial charge in [0.2, 0.25) is 0 Å². The Morgan fingerprint density at radius 3 is 2.00 bits per heavy atom. The van der Waals surface area contributed by atoms with E-state index in [-0.39, 0.29) is 11.7 Å². The van der Waals surface area contributed by atoms with E-state index in [1.807, 2.05) is 25.9 Å². The number of carbonyl (C=O) groups excluding carboxylic acids is 1. The average Bonchev–Trinajstić information content (AvgIpc) is 2.05. The van der Waals surface area contributed by atoms with Crippen LogP contribution < -0.4 is 0 Å². The molecule has 0 N–H and O–H groups in total. The molecule has 0 heterocycles. The van der Waals surface area contributed by atoms with E-state index in [0.29, 0.717) is 0 Å². The molecule has 0 bridgehead atoms. The van der Waals surface area contributed by atoms with Gasteiger partial charge in [-0.1, -0.05) is 6.92 Å². The molecule has 1 unspecified atom stereocenters. The molecule has 3 heteroatoms. The first kappa shape index (κ1) is 16.6. The molecule has 0 saturated heterocycles. The third-order valence-electron chi connectivity index (χ3n) is 2.04. The summed E-state index contributed by atoms with van der Waals surface area (Å²) >= 11 is 2.21. The number of Topliss-reactive ketones (excluding diaryl/α,β-unsaturated/α-hetero) is 1. The molecular weight excluding hydrogens is 169 g/mol. The summed E-state index contributed by atoms with van der Waals surface area (Å²) in [5.74, 6) is 0.448. The zero-order valence-corrected chi connectivity index (χ0v) is 10.8. The van der Waals surface area contributed by atoms with Gasteiger partial charge in [0, 0.05) is 12.5 Å². The van der Waals surface area contributed by atoms with E-state index in [2.05, 4.69) is 24.6 Å². The minimum atomic E-state index is 0.181. The molecule has 0 aromatic heterocycles. The molecule has 0 fully saturated rings. The average molecular weight is 193 g/mol. The normalized spacial score (nSPS) is 12.0. The van der Waals surface area contributed by atoms with Gasteiger partial charge in [0.15, 0.2) is 0 Å². The third kappa shape index (κ3) is 14.7. The van der Waals surface area contributed by atoms with Gasteiger partial charge in [-0.2, -0.15) is 0 Å². The van der Waals surface area contributed by atoms with Crippen molar-refractivity contribution < 1.29 is 4.79 Å². The van der Waals surface area contributed by atoms with Crippen LogP contribution in [0, 0.1) is 5.92 Å². The van der Waals surface area contributed by atoms with E-state index in [0.717, 1.165) is 6.54 Å². The summed E-state index contributed by atoms with van der Waals surface area (Å²) in [4.78, 5) is 12.7. The van der Waals surface area contributed by atoms with Gasteiger partial charge in [-0.15, -0.1) is 0 Å². The number of ketones is 1. The molecule has 80 valence electrons. The van der Waals surface area contributed by atoms with Crippen LogP contribution in [-0.4, -0.2) is 49.0 Å². The van der Waals surface area contributed by atoms with E-state index in [1.165, 1.54) is 17.9 Å². The van der Waals surface area contributed by atoms with Gasteiger partial charge < -0.3 is 4.90 Å². The molecule has 0 aromatic rings. The molecular formula is C11H24LiNO. The molecule has 0 aromatic carbocycles. The molecule has 0 aliphatic heterocycles. The van der Waals surface area contributed by atoms with Gasteiger partial charge in [0.05, 0.1) is 0 Å². The molecule has 0 aliphatic carbocycles. The second-order valence-electron chi connectivity index (χ2n) is 4.13. The molecule has 0 radical (unpaired) electrons. The van der Waals surface area contributed by atoms with Gasteiger partial charge >= 0.3 is 42.6 Å². The molecule has 14 heavy (non-hydrogen) atoms. The van der Waals surface area contributed by atoms with Crippen LogP contribution in [0.5, 0.6) is 0 Å². The van der Waals surface area contributed by atoms with Crippen LogP contribution in [0.1, 0.15) is 33.6 Å². The van der Waals surface area contributed by atoms with Crippen LogP contribution in [0.4, 0.5) is 0 Å². The van der Waals surface area contributed by atoms with Gasteiger partial charge in [-0.05, 0) is 21.0 Å². The molecule has 0 amide bonds. The summed E-state index contributed by atoms with van der Waals surface area (Å²) in [7, 11) is 3.94. The van der Waals surface area contributed by atoms with Crippen LogP contribution in [0.2, 0.25) is 5.09 Å². The maximum absolute atomic E-state index is 10.7. The predicted octanol–water partition coefficient (Wildman–Crippen LogP) is 2.15. The first-order valence-corrected chi connectivity index (χ1v) is 5.60. The van der Waals surface area contributed by atoms with Gasteiger partial charge in [-0.25, -0.2) is 0 Å². The Morgan fingerprint density at radius 2 is 1.93 bits per heavy atom. The molecule has 0 saturated carbocycles. The van der Waals surface area contributed by atoms with Crippen molar-refractivity contribution in [2.24, 2.45) is 5.92 Å². The third-order valence-corrected chi connectivity index (χ3v) is 2.04. The Morgan fingerprint density at radius 1 is 1.43 bits per heavy atom. The van der Waals surface area contributed by atoms with Crippen molar-refractivity contribution in [3.63, 3.8) is 0 Å². The summed E-state index contributed by atoms with van der Waals surface area (Å²) in [6, 6.07) is 0. The van der Waals surface area contributed by atoms with Crippen LogP contribution >= 0.6 is 0 Å². The fourth-order valence-electron chi connectivity index (χ4n) is 1.03. The van der Waals surface area contributed by atoms with Crippen molar-refractivity contribution in [2.75, 3.05) is 20.6 Å². The number of hydrogen-bond acceptors (Lipinski definition) is 2. The fourth-order valence-corrected chi connectivity index (χ4v) is 1.03. The fraction of sp³-hybridized carbons (Fsp3) is 0.909. The molecule has 1 atom stereocenters. The van der Waals surface area contributed by atoms with Crippen molar-refractivity contribution >= 4 is 23.5 Å². The van der Waals surface area contributed by atoms with Crippen LogP contribution in [-0.2, 0) is 4.79 Å². The molecule has 0 spiro atoms. The van der Waals surface area contributed by atoms with Crippen molar-refractivity contribution in [2.45, 2.75) is 38.7 Å². The summed E-state index contributed by atoms with van der Waals surface area (Å²) in [6.07, 6.45) is 2.73. The number of unbranched alkanes of at least 4 members (excludes halogenated alkanes) is 1. The quantitative estimate of drug-likeness (QED) is 0.623. The number of nitrogens with zero attached hydrogens (tertiary/aromatic N) is 1. The van der Waals surface area contributed by atoms with Gasteiger partial charge in [-0.3, -0.25) is 4.79 Å². The van der Waals surface area contributed by atoms with E-state index >= 15 is 0 Å². The Hall–Kier alpha value is 0.227. The Kier molecular flexibility index (Phi) is 13.4. The van der Waals surface area contributed by atoms with E-state index in [1.54, 1.807) is 6.92 Å². The van der Waals surface area contributed by atoms with Crippen LogP contribution in [0.3, 0.4) is 0 Å². The summed E-state index contributed by atoms with van der Waals surface area (Å²) in [6.45, 7) is 6.65. The number of carbonyl (C=O) groups is 1. The first-order valence-electron chi connectivity index (χ1n) is 5.60. The standard InChI is InChI=1S/C7H15NO.C4H9.Li/c1-6(7(2)9)5-8(3)4;1-3-4-2;/h6H,5H2,1-4H3;1,3-4H2,2H3;. The Labute approximate surface area is 98.6 Å². The summed E-state index contributed by atoms with van der Waals surface area (Å²) in [5, 5.41) is 1.34. The van der Waals surface area contributed by atoms with Crippen LogP contribution in [0.15, 0.2) is 0 Å². The molecule has 0 aliphatic rings. The van der Waals surface area contributed by atoms with Crippen molar-refractivity contribution in [1.29, 1.82) is 0 Å². The number of rotatable bonds is 5. The minimum absolute atomic E-state index is 0.181. The predicted molar refractivity (Wildman–Crippen MR) is 63.9 cm³/mol. The zero-order chi connectivity index (χ0) is 11.6. The van der Waals surface area contributed by atoms with Gasteiger partial charge in [0.25, 0.3) is 0 Å². The van der Waals surface area contributed by atoms with E-state index in [4.69, 9.17) is 0 Å². The summed E-state index contributed by atoms with van der Waals surface area (Å²) < 4.78 is 0. The van der Waals surface area contributed by atoms with E-state index in [9.17, 15) is 4.79 Å². The summed E-state index contributed by atoms with van der Waals surface area (Å²) in [5.41, 5.74) is 0. The first-order chi connectivity index (χ1) is 6.45. The van der Waals surface area contributed by atoms with Crippen molar-refractivity contribution in [1.82, 2.24) is 4.90 Å². The zero-order valence-electron chi connectivity index (χ0n) is 10.8. The van der Waals surface area contributed by atoms with Crippen molar-refractivity contribution in [3.8, 4) is 0 Å². The monoisotopic (exact) mass is 193 g/mol. The Balaban J connectivity index is 0.